The fourth-order valence-electron chi connectivity index (χ4n) is 4.36. The summed E-state index contributed by atoms with van der Waals surface area (Å²) in [5.74, 6) is 2.03. The van der Waals surface area contributed by atoms with Gasteiger partial charge in [0, 0.05) is 12.1 Å². The Labute approximate surface area is 208 Å². The molecule has 4 nitrogen and oxygen atoms in total. The van der Waals surface area contributed by atoms with Crippen molar-refractivity contribution in [3.8, 4) is 5.75 Å². The molecule has 0 saturated carbocycles. The van der Waals surface area contributed by atoms with E-state index in [4.69, 9.17) is 9.47 Å². The Hall–Kier alpha value is -1.59. The molecule has 0 unspecified atom stereocenters. The van der Waals surface area contributed by atoms with Crippen molar-refractivity contribution < 1.29 is 14.9 Å². The number of benzene rings is 2. The summed E-state index contributed by atoms with van der Waals surface area (Å²) in [6.07, 6.45) is 1.95. The molecule has 0 fully saturated rings. The van der Waals surface area contributed by atoms with Gasteiger partial charge in [-0.25, -0.2) is 0 Å². The number of aryl methyl sites for hydroxylation is 1. The molecule has 3 N–H and O–H groups in total. The zero-order chi connectivity index (χ0) is 22.9. The van der Waals surface area contributed by atoms with Crippen molar-refractivity contribution in [1.29, 1.82) is 0 Å². The molecule has 2 rings (SSSR count). The summed E-state index contributed by atoms with van der Waals surface area (Å²) in [4.78, 5) is 0. The van der Waals surface area contributed by atoms with E-state index in [-0.39, 0.29) is 29.0 Å². The lowest BCUT2D eigenvalue weighted by Crippen LogP contribution is -2.45. The SMILES string of the molecule is Cc1ccccc1OC(COCCNC(C)(C)c1ccccc1)(CC(C)C)CC(C)C.Cl.O. The summed E-state index contributed by atoms with van der Waals surface area (Å²) in [7, 11) is 0. The third-order valence-corrected chi connectivity index (χ3v) is 5.65. The van der Waals surface area contributed by atoms with Crippen LogP contribution in [-0.2, 0) is 10.3 Å². The van der Waals surface area contributed by atoms with E-state index in [1.54, 1.807) is 0 Å². The molecule has 0 saturated heterocycles. The van der Waals surface area contributed by atoms with Gasteiger partial charge in [0.1, 0.15) is 11.4 Å². The Bertz CT molecular complexity index is 768. The van der Waals surface area contributed by atoms with Crippen molar-refractivity contribution in [1.82, 2.24) is 5.32 Å². The molecule has 0 aliphatic heterocycles. The highest BCUT2D eigenvalue weighted by atomic mass is 35.5. The molecule has 0 amide bonds. The average molecular weight is 480 g/mol. The number of para-hydroxylation sites is 1. The zero-order valence-electron chi connectivity index (χ0n) is 21.6. The van der Waals surface area contributed by atoms with Gasteiger partial charge in [0.05, 0.1) is 13.2 Å². The van der Waals surface area contributed by atoms with E-state index in [0.29, 0.717) is 25.0 Å². The predicted molar refractivity (Wildman–Crippen MR) is 143 cm³/mol. The van der Waals surface area contributed by atoms with Crippen molar-refractivity contribution in [2.75, 3.05) is 19.8 Å². The Morgan fingerprint density at radius 3 is 1.94 bits per heavy atom. The predicted octanol–water partition coefficient (Wildman–Crippen LogP) is 6.34. The van der Waals surface area contributed by atoms with Crippen LogP contribution in [0.25, 0.3) is 0 Å². The van der Waals surface area contributed by atoms with Crippen LogP contribution < -0.4 is 10.1 Å². The number of nitrogens with one attached hydrogen (secondary N) is 1. The van der Waals surface area contributed by atoms with E-state index in [9.17, 15) is 0 Å². The fraction of sp³-hybridized carbons (Fsp3) is 0.571. The summed E-state index contributed by atoms with van der Waals surface area (Å²) in [6.45, 7) is 17.7. The standard InChI is InChI=1S/C28H43NO2.ClH.H2O/c1-22(2)19-28(20-23(3)4,31-26-16-12-11-13-24(26)5)21-30-18-17-29-27(6,7)25-14-9-8-10-15-25;;/h8-16,22-23,29H,17-21H2,1-7H3;1H;1H2. The van der Waals surface area contributed by atoms with E-state index < -0.39 is 0 Å². The van der Waals surface area contributed by atoms with E-state index >= 15 is 0 Å². The van der Waals surface area contributed by atoms with Gasteiger partial charge in [0.25, 0.3) is 0 Å². The number of hydrogen-bond donors (Lipinski definition) is 1. The second-order valence-electron chi connectivity index (χ2n) is 10.2. The first-order valence-electron chi connectivity index (χ1n) is 11.8. The molecular weight excluding hydrogens is 434 g/mol. The van der Waals surface area contributed by atoms with Crippen LogP contribution in [-0.4, -0.2) is 30.8 Å². The van der Waals surface area contributed by atoms with Gasteiger partial charge < -0.3 is 20.3 Å². The monoisotopic (exact) mass is 479 g/mol. The van der Waals surface area contributed by atoms with Crippen LogP contribution in [0.2, 0.25) is 0 Å². The van der Waals surface area contributed by atoms with E-state index in [2.05, 4.69) is 102 Å². The first-order valence-corrected chi connectivity index (χ1v) is 11.8. The van der Waals surface area contributed by atoms with E-state index in [1.165, 1.54) is 11.1 Å². The van der Waals surface area contributed by atoms with Gasteiger partial charge in [-0.1, -0.05) is 76.2 Å². The molecule has 188 valence electrons. The van der Waals surface area contributed by atoms with Crippen LogP contribution in [0.1, 0.15) is 65.5 Å². The van der Waals surface area contributed by atoms with Gasteiger partial charge in [0.2, 0.25) is 0 Å². The lowest BCUT2D eigenvalue weighted by Gasteiger charge is -2.38. The molecule has 0 atom stereocenters. The normalized spacial score (nSPS) is 11.8. The number of hydrogen-bond acceptors (Lipinski definition) is 3. The van der Waals surface area contributed by atoms with Crippen LogP contribution in [0, 0.1) is 18.8 Å². The van der Waals surface area contributed by atoms with Gasteiger partial charge in [-0.05, 0) is 62.6 Å². The molecule has 0 heterocycles. The second kappa shape index (κ2) is 14.6. The Kier molecular flexibility index (Phi) is 13.9. The first-order chi connectivity index (χ1) is 14.6. The molecule has 2 aromatic rings. The van der Waals surface area contributed by atoms with Crippen molar-refractivity contribution in [2.45, 2.75) is 72.4 Å². The topological polar surface area (TPSA) is 62.0 Å². The highest BCUT2D eigenvalue weighted by Crippen LogP contribution is 2.33. The van der Waals surface area contributed by atoms with E-state index in [0.717, 1.165) is 25.1 Å². The number of halogens is 1. The van der Waals surface area contributed by atoms with Crippen molar-refractivity contribution in [3.63, 3.8) is 0 Å². The minimum atomic E-state index is -0.316. The second-order valence-corrected chi connectivity index (χ2v) is 10.2. The summed E-state index contributed by atoms with van der Waals surface area (Å²) in [6, 6.07) is 18.9. The largest absolute Gasteiger partial charge is 0.485 e. The van der Waals surface area contributed by atoms with Crippen LogP contribution in [0.4, 0.5) is 0 Å². The van der Waals surface area contributed by atoms with Crippen molar-refractivity contribution >= 4 is 12.4 Å². The smallest absolute Gasteiger partial charge is 0.133 e. The zero-order valence-corrected chi connectivity index (χ0v) is 22.4. The minimum absolute atomic E-state index is 0. The Morgan fingerprint density at radius 2 is 1.39 bits per heavy atom. The van der Waals surface area contributed by atoms with Gasteiger partial charge in [-0.2, -0.15) is 0 Å². The van der Waals surface area contributed by atoms with Gasteiger partial charge in [-0.15, -0.1) is 12.4 Å². The average Bonchev–Trinajstić information content (AvgIpc) is 2.69. The molecule has 0 aliphatic carbocycles. The van der Waals surface area contributed by atoms with Gasteiger partial charge in [0.15, 0.2) is 0 Å². The maximum absolute atomic E-state index is 6.73. The number of ether oxygens (including phenoxy) is 2. The highest BCUT2D eigenvalue weighted by Gasteiger charge is 2.35. The fourth-order valence-corrected chi connectivity index (χ4v) is 4.36. The molecule has 33 heavy (non-hydrogen) atoms. The van der Waals surface area contributed by atoms with Crippen LogP contribution in [0.3, 0.4) is 0 Å². The molecule has 0 bridgehead atoms. The van der Waals surface area contributed by atoms with E-state index in [1.807, 2.05) is 6.07 Å². The summed E-state index contributed by atoms with van der Waals surface area (Å²) < 4.78 is 13.0. The maximum atomic E-state index is 6.73. The maximum Gasteiger partial charge on any atom is 0.133 e. The minimum Gasteiger partial charge on any atom is -0.485 e. The van der Waals surface area contributed by atoms with Crippen molar-refractivity contribution in [2.24, 2.45) is 11.8 Å². The third kappa shape index (κ3) is 10.5. The quantitative estimate of drug-likeness (QED) is 0.341. The molecule has 0 aromatic heterocycles. The van der Waals surface area contributed by atoms with Gasteiger partial charge in [-0.3, -0.25) is 0 Å². The lowest BCUT2D eigenvalue weighted by atomic mass is 9.85. The molecule has 2 aromatic carbocycles. The van der Waals surface area contributed by atoms with Gasteiger partial charge >= 0.3 is 0 Å². The Morgan fingerprint density at radius 1 is 0.848 bits per heavy atom. The highest BCUT2D eigenvalue weighted by molar-refractivity contribution is 5.85. The molecule has 0 radical (unpaired) electrons. The van der Waals surface area contributed by atoms with Crippen LogP contribution in [0.15, 0.2) is 54.6 Å². The molecular formula is C28H46ClNO3. The third-order valence-electron chi connectivity index (χ3n) is 5.65. The van der Waals surface area contributed by atoms with Crippen LogP contribution in [0.5, 0.6) is 5.75 Å². The molecule has 5 heteroatoms. The summed E-state index contributed by atoms with van der Waals surface area (Å²) >= 11 is 0. The molecule has 0 aliphatic rings. The molecule has 0 spiro atoms. The summed E-state index contributed by atoms with van der Waals surface area (Å²) in [5.41, 5.74) is 2.05. The van der Waals surface area contributed by atoms with Crippen molar-refractivity contribution in [3.05, 3.63) is 65.7 Å². The number of rotatable bonds is 13. The Balaban J connectivity index is 0.00000512. The lowest BCUT2D eigenvalue weighted by molar-refractivity contribution is -0.0522. The first kappa shape index (κ1) is 31.4. The van der Waals surface area contributed by atoms with Crippen LogP contribution >= 0.6 is 12.4 Å². The summed E-state index contributed by atoms with van der Waals surface area (Å²) in [5, 5.41) is 3.64.